The minimum Gasteiger partial charge on any atom is -0.355 e. The van der Waals surface area contributed by atoms with Crippen molar-refractivity contribution in [2.45, 2.75) is 38.5 Å². The van der Waals surface area contributed by atoms with Gasteiger partial charge < -0.3 is 10.2 Å². The molecule has 3 rings (SSSR count). The monoisotopic (exact) mass is 464 g/mol. The molecule has 0 spiro atoms. The fraction of sp³-hybridized carbons (Fsp3) is 0.652. The summed E-state index contributed by atoms with van der Waals surface area (Å²) in [7, 11) is -3.64. The fourth-order valence-electron chi connectivity index (χ4n) is 4.71. The second kappa shape index (κ2) is 10.8. The quantitative estimate of drug-likeness (QED) is 0.691. The Balaban J connectivity index is 1.69. The first kappa shape index (κ1) is 24.7. The largest absolute Gasteiger partial charge is 0.355 e. The number of hydrogen-bond donors (Lipinski definition) is 1. The Hall–Kier alpha value is -1.97. The summed E-state index contributed by atoms with van der Waals surface area (Å²) in [4.78, 5) is 29.0. The summed E-state index contributed by atoms with van der Waals surface area (Å²) in [6, 6.07) is 6.42. The number of carbonyl (C=O) groups excluding carboxylic acids is 2. The predicted molar refractivity (Wildman–Crippen MR) is 124 cm³/mol. The Bertz CT molecular complexity index is 910. The molecule has 1 aromatic rings. The molecule has 32 heavy (non-hydrogen) atoms. The van der Waals surface area contributed by atoms with E-state index in [1.165, 1.54) is 6.07 Å². The van der Waals surface area contributed by atoms with Gasteiger partial charge in [-0.1, -0.05) is 19.9 Å². The highest BCUT2D eigenvalue weighted by Gasteiger charge is 2.32. The van der Waals surface area contributed by atoms with Gasteiger partial charge in [0.25, 0.3) is 5.91 Å². The Morgan fingerprint density at radius 2 is 1.78 bits per heavy atom. The Morgan fingerprint density at radius 3 is 2.47 bits per heavy atom. The topological polar surface area (TPSA) is 90.0 Å². The van der Waals surface area contributed by atoms with E-state index in [-0.39, 0.29) is 16.7 Å². The molecule has 2 unspecified atom stereocenters. The van der Waals surface area contributed by atoms with Gasteiger partial charge in [-0.05, 0) is 49.8 Å². The van der Waals surface area contributed by atoms with Crippen molar-refractivity contribution in [2.24, 2.45) is 11.8 Å². The number of likely N-dealkylation sites (N-methyl/N-ethyl adjacent to an activating group) is 1. The third-order valence-electron chi connectivity index (χ3n) is 6.17. The Kier molecular flexibility index (Phi) is 8.30. The van der Waals surface area contributed by atoms with E-state index in [0.717, 1.165) is 19.4 Å². The summed E-state index contributed by atoms with van der Waals surface area (Å²) in [6.45, 7) is 10.5. The van der Waals surface area contributed by atoms with Gasteiger partial charge in [0.1, 0.15) is 0 Å². The summed E-state index contributed by atoms with van der Waals surface area (Å²) >= 11 is 0. The van der Waals surface area contributed by atoms with Crippen LogP contribution >= 0.6 is 0 Å². The van der Waals surface area contributed by atoms with Crippen molar-refractivity contribution in [3.05, 3.63) is 29.8 Å². The van der Waals surface area contributed by atoms with Gasteiger partial charge in [0, 0.05) is 51.4 Å². The smallest absolute Gasteiger partial charge is 0.253 e. The first-order valence-electron chi connectivity index (χ1n) is 11.6. The molecule has 0 aliphatic carbocycles. The highest BCUT2D eigenvalue weighted by atomic mass is 32.2. The predicted octanol–water partition coefficient (Wildman–Crippen LogP) is 1.64. The Morgan fingerprint density at radius 1 is 1.06 bits per heavy atom. The second-order valence-corrected chi connectivity index (χ2v) is 11.1. The first-order chi connectivity index (χ1) is 15.2. The van der Waals surface area contributed by atoms with Gasteiger partial charge in [-0.25, -0.2) is 8.42 Å². The van der Waals surface area contributed by atoms with Crippen LogP contribution in [0, 0.1) is 11.8 Å². The van der Waals surface area contributed by atoms with Crippen molar-refractivity contribution in [1.29, 1.82) is 0 Å². The summed E-state index contributed by atoms with van der Waals surface area (Å²) in [5, 5.41) is 2.80. The summed E-state index contributed by atoms with van der Waals surface area (Å²) in [5.41, 5.74) is 0.390. The lowest BCUT2D eigenvalue weighted by atomic mass is 9.94. The summed E-state index contributed by atoms with van der Waals surface area (Å²) in [5.74, 6) is 0.462. The average molecular weight is 465 g/mol. The number of amides is 2. The SMILES string of the molecule is CCNC(=O)CN1CCCN(C(=O)c2cccc(S(=O)(=O)N3CC(C)CC(C)C3)c2)CC1. The van der Waals surface area contributed by atoms with Gasteiger partial charge in [-0.3, -0.25) is 14.5 Å². The van der Waals surface area contributed by atoms with Crippen LogP contribution in [0.5, 0.6) is 0 Å². The average Bonchev–Trinajstić information content (AvgIpc) is 2.98. The van der Waals surface area contributed by atoms with Crippen molar-refractivity contribution < 1.29 is 18.0 Å². The zero-order valence-electron chi connectivity index (χ0n) is 19.4. The molecule has 0 bridgehead atoms. The van der Waals surface area contributed by atoms with Crippen LogP contribution in [0.3, 0.4) is 0 Å². The molecule has 2 amide bonds. The van der Waals surface area contributed by atoms with Crippen molar-refractivity contribution in [2.75, 3.05) is 52.4 Å². The van der Waals surface area contributed by atoms with Crippen LogP contribution in [0.4, 0.5) is 0 Å². The molecule has 2 aliphatic rings. The number of piperidine rings is 1. The maximum atomic E-state index is 13.2. The third kappa shape index (κ3) is 6.08. The molecule has 0 radical (unpaired) electrons. The van der Waals surface area contributed by atoms with Crippen molar-refractivity contribution >= 4 is 21.8 Å². The molecule has 2 aliphatic heterocycles. The van der Waals surface area contributed by atoms with Crippen LogP contribution in [0.1, 0.15) is 44.0 Å². The molecule has 178 valence electrons. The number of carbonyl (C=O) groups is 2. The number of rotatable bonds is 6. The van der Waals surface area contributed by atoms with E-state index >= 15 is 0 Å². The van der Waals surface area contributed by atoms with Gasteiger partial charge >= 0.3 is 0 Å². The zero-order chi connectivity index (χ0) is 23.3. The van der Waals surface area contributed by atoms with E-state index in [4.69, 9.17) is 0 Å². The van der Waals surface area contributed by atoms with E-state index in [1.807, 2.05) is 6.92 Å². The van der Waals surface area contributed by atoms with Crippen LogP contribution in [-0.2, 0) is 14.8 Å². The molecular weight excluding hydrogens is 428 g/mol. The van der Waals surface area contributed by atoms with E-state index in [9.17, 15) is 18.0 Å². The lowest BCUT2D eigenvalue weighted by Gasteiger charge is -2.34. The lowest BCUT2D eigenvalue weighted by Crippen LogP contribution is -2.42. The van der Waals surface area contributed by atoms with Crippen LogP contribution in [0.15, 0.2) is 29.2 Å². The van der Waals surface area contributed by atoms with E-state index in [2.05, 4.69) is 24.1 Å². The molecule has 2 saturated heterocycles. The van der Waals surface area contributed by atoms with Gasteiger partial charge in [0.05, 0.1) is 11.4 Å². The number of sulfonamides is 1. The molecule has 0 saturated carbocycles. The molecule has 9 heteroatoms. The highest BCUT2D eigenvalue weighted by Crippen LogP contribution is 2.27. The molecule has 2 fully saturated rings. The number of nitrogens with zero attached hydrogens (tertiary/aromatic N) is 3. The summed E-state index contributed by atoms with van der Waals surface area (Å²) < 4.78 is 28.0. The molecular formula is C23H36N4O4S. The van der Waals surface area contributed by atoms with Gasteiger partial charge in [0.15, 0.2) is 0 Å². The van der Waals surface area contributed by atoms with Crippen LogP contribution < -0.4 is 5.32 Å². The fourth-order valence-corrected chi connectivity index (χ4v) is 6.44. The number of hydrogen-bond acceptors (Lipinski definition) is 5. The van der Waals surface area contributed by atoms with Gasteiger partial charge in [-0.2, -0.15) is 4.31 Å². The van der Waals surface area contributed by atoms with Crippen molar-refractivity contribution in [3.63, 3.8) is 0 Å². The first-order valence-corrected chi connectivity index (χ1v) is 13.0. The molecule has 0 aromatic heterocycles. The van der Waals surface area contributed by atoms with Gasteiger partial charge in [0.2, 0.25) is 15.9 Å². The van der Waals surface area contributed by atoms with Gasteiger partial charge in [-0.15, -0.1) is 0 Å². The van der Waals surface area contributed by atoms with E-state index in [0.29, 0.717) is 63.2 Å². The summed E-state index contributed by atoms with van der Waals surface area (Å²) in [6.07, 6.45) is 1.79. The Labute approximate surface area is 192 Å². The molecule has 8 nitrogen and oxygen atoms in total. The molecule has 1 N–H and O–H groups in total. The minimum absolute atomic E-state index is 0.00784. The van der Waals surface area contributed by atoms with Crippen LogP contribution in [-0.4, -0.2) is 86.7 Å². The number of benzene rings is 1. The van der Waals surface area contributed by atoms with E-state index in [1.54, 1.807) is 27.4 Å². The molecule has 1 aromatic carbocycles. The molecule has 2 heterocycles. The highest BCUT2D eigenvalue weighted by molar-refractivity contribution is 7.89. The van der Waals surface area contributed by atoms with Crippen molar-refractivity contribution in [3.8, 4) is 0 Å². The second-order valence-electron chi connectivity index (χ2n) is 9.17. The molecule has 2 atom stereocenters. The maximum absolute atomic E-state index is 13.2. The lowest BCUT2D eigenvalue weighted by molar-refractivity contribution is -0.122. The van der Waals surface area contributed by atoms with Crippen molar-refractivity contribution in [1.82, 2.24) is 19.4 Å². The van der Waals surface area contributed by atoms with Crippen LogP contribution in [0.2, 0.25) is 0 Å². The van der Waals surface area contributed by atoms with E-state index < -0.39 is 10.0 Å². The van der Waals surface area contributed by atoms with Crippen LogP contribution in [0.25, 0.3) is 0 Å². The normalized spacial score (nSPS) is 23.5. The standard InChI is InChI=1S/C23H36N4O4S/c1-4-24-22(28)17-25-9-6-10-26(12-11-25)23(29)20-7-5-8-21(14-20)32(30,31)27-15-18(2)13-19(3)16-27/h5,7-8,14,18-19H,4,6,9-13,15-17H2,1-3H3,(H,24,28). The zero-order valence-corrected chi connectivity index (χ0v) is 20.2. The third-order valence-corrected chi connectivity index (χ3v) is 8.00. The number of nitrogens with one attached hydrogen (secondary N) is 1. The maximum Gasteiger partial charge on any atom is 0.253 e. The minimum atomic E-state index is -3.64.